The van der Waals surface area contributed by atoms with Crippen LogP contribution in [0, 0.1) is 6.92 Å². The molecule has 0 unspecified atom stereocenters. The van der Waals surface area contributed by atoms with Gasteiger partial charge in [-0.15, -0.1) is 0 Å². The second kappa shape index (κ2) is 8.03. The van der Waals surface area contributed by atoms with Crippen molar-refractivity contribution >= 4 is 21.5 Å². The van der Waals surface area contributed by atoms with E-state index in [1.54, 1.807) is 0 Å². The molecule has 0 bridgehead atoms. The first-order chi connectivity index (χ1) is 16.3. The van der Waals surface area contributed by atoms with E-state index in [4.69, 9.17) is 0 Å². The molecule has 156 valence electrons. The molecule has 5 aromatic carbocycles. The van der Waals surface area contributed by atoms with E-state index in [-0.39, 0.29) is 0 Å². The average Bonchev–Trinajstić information content (AvgIpc) is 2.87. The van der Waals surface area contributed by atoms with Gasteiger partial charge < -0.3 is 0 Å². The third-order valence-corrected chi connectivity index (χ3v) is 6.32. The van der Waals surface area contributed by atoms with Crippen LogP contribution >= 0.6 is 0 Å². The van der Waals surface area contributed by atoms with Gasteiger partial charge in [0.15, 0.2) is 0 Å². The Morgan fingerprint density at radius 1 is 0.485 bits per heavy atom. The van der Waals surface area contributed by atoms with E-state index in [9.17, 15) is 0 Å². The fourth-order valence-electron chi connectivity index (χ4n) is 4.79. The molecule has 0 fully saturated rings. The molecular weight excluding hydrogens is 398 g/mol. The van der Waals surface area contributed by atoms with Crippen molar-refractivity contribution in [2.24, 2.45) is 0 Å². The fraction of sp³-hybridized carbons (Fsp3) is 0.0312. The summed E-state index contributed by atoms with van der Waals surface area (Å²) >= 11 is 0. The van der Waals surface area contributed by atoms with Gasteiger partial charge in [-0.25, -0.2) is 0 Å². The van der Waals surface area contributed by atoms with Crippen molar-refractivity contribution in [2.45, 2.75) is 6.92 Å². The van der Waals surface area contributed by atoms with E-state index in [0.717, 1.165) is 11.3 Å². The first kappa shape index (κ1) is 19.5. The smallest absolute Gasteiger partial charge is 0.0701 e. The number of hydrogen-bond acceptors (Lipinski definition) is 1. The molecule has 0 aliphatic carbocycles. The van der Waals surface area contributed by atoms with Crippen LogP contribution in [0.3, 0.4) is 0 Å². The van der Waals surface area contributed by atoms with E-state index in [1.807, 2.05) is 24.4 Å². The molecular formula is C32H23N. The number of nitrogens with zero attached hydrogens (tertiary/aromatic N) is 1. The summed E-state index contributed by atoms with van der Waals surface area (Å²) in [7, 11) is 0. The van der Waals surface area contributed by atoms with Crippen molar-refractivity contribution in [3.8, 4) is 33.5 Å². The second-order valence-corrected chi connectivity index (χ2v) is 8.57. The Balaban J connectivity index is 1.52. The number of aromatic nitrogens is 1. The van der Waals surface area contributed by atoms with Crippen LogP contribution in [0.15, 0.2) is 121 Å². The minimum absolute atomic E-state index is 0.996. The van der Waals surface area contributed by atoms with Gasteiger partial charge in [0.2, 0.25) is 0 Å². The fourth-order valence-corrected chi connectivity index (χ4v) is 4.79. The first-order valence-corrected chi connectivity index (χ1v) is 11.3. The molecule has 33 heavy (non-hydrogen) atoms. The molecule has 1 heteroatoms. The zero-order valence-electron chi connectivity index (χ0n) is 18.5. The Bertz CT molecular complexity index is 1540. The van der Waals surface area contributed by atoms with Crippen molar-refractivity contribution < 1.29 is 0 Å². The zero-order chi connectivity index (χ0) is 22.2. The zero-order valence-corrected chi connectivity index (χ0v) is 18.5. The van der Waals surface area contributed by atoms with Crippen LogP contribution in [0.5, 0.6) is 0 Å². The van der Waals surface area contributed by atoms with Crippen molar-refractivity contribution in [3.63, 3.8) is 0 Å². The molecule has 1 nitrogen and oxygen atoms in total. The minimum Gasteiger partial charge on any atom is -0.256 e. The summed E-state index contributed by atoms with van der Waals surface area (Å²) in [5, 5.41) is 5.12. The van der Waals surface area contributed by atoms with Gasteiger partial charge in [0, 0.05) is 11.8 Å². The van der Waals surface area contributed by atoms with Gasteiger partial charge in [0.25, 0.3) is 0 Å². The highest BCUT2D eigenvalue weighted by atomic mass is 14.7. The molecule has 0 atom stereocenters. The van der Waals surface area contributed by atoms with Crippen LogP contribution in [0.2, 0.25) is 0 Å². The van der Waals surface area contributed by atoms with E-state index in [0.29, 0.717) is 0 Å². The summed E-state index contributed by atoms with van der Waals surface area (Å²) in [5.74, 6) is 0. The summed E-state index contributed by atoms with van der Waals surface area (Å²) in [5.41, 5.74) is 8.39. The standard InChI is InChI=1S/C32H23N/c1-22-18-27(23-13-15-24(16-14-23)31-12-6-7-17-33-31)21-28(19-22)32-29-10-4-2-8-25(29)20-26-9-3-5-11-30(26)32/h2-21H,1H3. The largest absolute Gasteiger partial charge is 0.256 e. The van der Waals surface area contributed by atoms with Crippen LogP contribution < -0.4 is 0 Å². The topological polar surface area (TPSA) is 12.9 Å². The van der Waals surface area contributed by atoms with Crippen molar-refractivity contribution in [1.82, 2.24) is 4.98 Å². The molecule has 1 heterocycles. The average molecular weight is 422 g/mol. The molecule has 6 aromatic rings. The van der Waals surface area contributed by atoms with Gasteiger partial charge in [-0.2, -0.15) is 0 Å². The van der Waals surface area contributed by atoms with Gasteiger partial charge in [-0.1, -0.05) is 91.0 Å². The lowest BCUT2D eigenvalue weighted by Gasteiger charge is -2.14. The molecule has 0 saturated carbocycles. The van der Waals surface area contributed by atoms with Gasteiger partial charge in [-0.05, 0) is 80.6 Å². The third-order valence-electron chi connectivity index (χ3n) is 6.32. The first-order valence-electron chi connectivity index (χ1n) is 11.3. The normalized spacial score (nSPS) is 11.2. The van der Waals surface area contributed by atoms with Crippen molar-refractivity contribution in [3.05, 3.63) is 127 Å². The minimum atomic E-state index is 0.996. The van der Waals surface area contributed by atoms with Crippen LogP contribution in [0.25, 0.3) is 55.1 Å². The van der Waals surface area contributed by atoms with Crippen LogP contribution in [0.4, 0.5) is 0 Å². The van der Waals surface area contributed by atoms with Gasteiger partial charge in [-0.3, -0.25) is 4.98 Å². The van der Waals surface area contributed by atoms with Crippen LogP contribution in [-0.2, 0) is 0 Å². The maximum atomic E-state index is 4.48. The predicted molar refractivity (Wildman–Crippen MR) is 140 cm³/mol. The summed E-state index contributed by atoms with van der Waals surface area (Å²) in [6, 6.07) is 41.3. The molecule has 0 N–H and O–H groups in total. The Kier molecular flexibility index (Phi) is 4.74. The summed E-state index contributed by atoms with van der Waals surface area (Å²) in [4.78, 5) is 4.48. The predicted octanol–water partition coefficient (Wildman–Crippen LogP) is 8.70. The number of rotatable bonds is 3. The lowest BCUT2D eigenvalue weighted by molar-refractivity contribution is 1.33. The van der Waals surface area contributed by atoms with E-state index in [2.05, 4.69) is 109 Å². The quantitative estimate of drug-likeness (QED) is 0.260. The Morgan fingerprint density at radius 2 is 1.09 bits per heavy atom. The summed E-state index contributed by atoms with van der Waals surface area (Å²) in [6.45, 7) is 2.18. The summed E-state index contributed by atoms with van der Waals surface area (Å²) < 4.78 is 0. The third kappa shape index (κ3) is 3.58. The van der Waals surface area contributed by atoms with Gasteiger partial charge in [0.1, 0.15) is 0 Å². The van der Waals surface area contributed by atoms with Crippen molar-refractivity contribution in [2.75, 3.05) is 0 Å². The molecule has 0 saturated heterocycles. The Hall–Kier alpha value is -4.23. The number of fused-ring (bicyclic) bond motifs is 2. The van der Waals surface area contributed by atoms with Gasteiger partial charge in [0.05, 0.1) is 5.69 Å². The second-order valence-electron chi connectivity index (χ2n) is 8.57. The van der Waals surface area contributed by atoms with E-state index >= 15 is 0 Å². The Labute approximate surface area is 194 Å². The molecule has 0 aliphatic heterocycles. The lowest BCUT2D eigenvalue weighted by Crippen LogP contribution is -1.89. The summed E-state index contributed by atoms with van der Waals surface area (Å²) in [6.07, 6.45) is 1.84. The van der Waals surface area contributed by atoms with Crippen LogP contribution in [-0.4, -0.2) is 4.98 Å². The van der Waals surface area contributed by atoms with Gasteiger partial charge >= 0.3 is 0 Å². The highest BCUT2D eigenvalue weighted by molar-refractivity contribution is 6.12. The Morgan fingerprint density at radius 3 is 1.76 bits per heavy atom. The molecule has 0 spiro atoms. The van der Waals surface area contributed by atoms with Crippen LogP contribution in [0.1, 0.15) is 5.56 Å². The maximum absolute atomic E-state index is 4.48. The molecule has 6 rings (SSSR count). The molecule has 0 aliphatic rings. The van der Waals surface area contributed by atoms with Crippen molar-refractivity contribution in [1.29, 1.82) is 0 Å². The molecule has 1 aromatic heterocycles. The molecule has 0 radical (unpaired) electrons. The number of hydrogen-bond donors (Lipinski definition) is 0. The number of pyridine rings is 1. The van der Waals surface area contributed by atoms with E-state index in [1.165, 1.54) is 49.4 Å². The maximum Gasteiger partial charge on any atom is 0.0701 e. The monoisotopic (exact) mass is 421 g/mol. The number of benzene rings is 5. The molecule has 0 amide bonds. The highest BCUT2D eigenvalue weighted by Gasteiger charge is 2.12. The van der Waals surface area contributed by atoms with E-state index < -0.39 is 0 Å². The SMILES string of the molecule is Cc1cc(-c2ccc(-c3ccccn3)cc2)cc(-c2c3ccccc3cc3ccccc23)c1. The lowest BCUT2D eigenvalue weighted by atomic mass is 9.89. The number of aryl methyl sites for hydroxylation is 1. The highest BCUT2D eigenvalue weighted by Crippen LogP contribution is 2.38.